The zero-order chi connectivity index (χ0) is 22.7. The van der Waals surface area contributed by atoms with Crippen molar-refractivity contribution in [2.24, 2.45) is 0 Å². The van der Waals surface area contributed by atoms with Crippen molar-refractivity contribution in [2.75, 3.05) is 11.1 Å². The summed E-state index contributed by atoms with van der Waals surface area (Å²) in [6.45, 7) is 2.03. The summed E-state index contributed by atoms with van der Waals surface area (Å²) >= 11 is 19.4. The van der Waals surface area contributed by atoms with Crippen molar-refractivity contribution >= 4 is 58.2 Å². The van der Waals surface area contributed by atoms with Crippen LogP contribution < -0.4 is 5.32 Å². The third kappa shape index (κ3) is 5.27. The van der Waals surface area contributed by atoms with Gasteiger partial charge in [-0.05, 0) is 61.5 Å². The molecule has 0 saturated heterocycles. The standard InChI is InChI=1S/C23H17Cl3N4OS/c1-14-2-9-18(10-3-14)30-22(15-4-6-16(24)7-5-15)28-29-23(30)32-13-21(31)27-20-11-8-17(25)12-19(20)26/h2-12H,13H2,1H3,(H,27,31). The van der Waals surface area contributed by atoms with Crippen molar-refractivity contribution < 1.29 is 4.79 Å². The molecule has 0 spiro atoms. The van der Waals surface area contributed by atoms with E-state index in [0.29, 0.717) is 31.7 Å². The molecule has 5 nitrogen and oxygen atoms in total. The highest BCUT2D eigenvalue weighted by molar-refractivity contribution is 7.99. The quantitative estimate of drug-likeness (QED) is 0.290. The van der Waals surface area contributed by atoms with Crippen molar-refractivity contribution in [3.63, 3.8) is 0 Å². The van der Waals surface area contributed by atoms with Gasteiger partial charge in [-0.2, -0.15) is 0 Å². The van der Waals surface area contributed by atoms with E-state index in [2.05, 4.69) is 15.5 Å². The average Bonchev–Trinajstić information content (AvgIpc) is 3.19. The summed E-state index contributed by atoms with van der Waals surface area (Å²) in [6, 6.07) is 20.3. The van der Waals surface area contributed by atoms with Gasteiger partial charge in [0.2, 0.25) is 5.91 Å². The fraction of sp³-hybridized carbons (Fsp3) is 0.0870. The Morgan fingerprint density at radius 1 is 0.938 bits per heavy atom. The highest BCUT2D eigenvalue weighted by Gasteiger charge is 2.18. The lowest BCUT2D eigenvalue weighted by Crippen LogP contribution is -2.15. The maximum absolute atomic E-state index is 12.5. The predicted molar refractivity (Wildman–Crippen MR) is 132 cm³/mol. The van der Waals surface area contributed by atoms with Gasteiger partial charge in [0.15, 0.2) is 11.0 Å². The lowest BCUT2D eigenvalue weighted by Gasteiger charge is -2.11. The minimum atomic E-state index is -0.217. The first-order valence-corrected chi connectivity index (χ1v) is 11.7. The number of nitrogens with one attached hydrogen (secondary N) is 1. The Morgan fingerprint density at radius 3 is 2.31 bits per heavy atom. The molecule has 1 amide bonds. The average molecular weight is 504 g/mol. The second-order valence-corrected chi connectivity index (χ2v) is 9.17. The van der Waals surface area contributed by atoms with Crippen LogP contribution >= 0.6 is 46.6 Å². The molecule has 32 heavy (non-hydrogen) atoms. The normalized spacial score (nSPS) is 10.9. The van der Waals surface area contributed by atoms with Gasteiger partial charge in [0.1, 0.15) is 0 Å². The van der Waals surface area contributed by atoms with Gasteiger partial charge < -0.3 is 5.32 Å². The number of halogens is 3. The van der Waals surface area contributed by atoms with Crippen LogP contribution in [0.15, 0.2) is 71.9 Å². The molecule has 0 saturated carbocycles. The Balaban J connectivity index is 1.60. The number of anilines is 1. The van der Waals surface area contributed by atoms with Crippen LogP contribution in [0.2, 0.25) is 15.1 Å². The minimum Gasteiger partial charge on any atom is -0.324 e. The van der Waals surface area contributed by atoms with Crippen LogP contribution in [0.1, 0.15) is 5.56 Å². The zero-order valence-corrected chi connectivity index (χ0v) is 19.9. The van der Waals surface area contributed by atoms with Crippen LogP contribution in [0.25, 0.3) is 17.1 Å². The van der Waals surface area contributed by atoms with Crippen molar-refractivity contribution in [3.8, 4) is 17.1 Å². The van der Waals surface area contributed by atoms with Gasteiger partial charge in [0, 0.05) is 21.3 Å². The van der Waals surface area contributed by atoms with Gasteiger partial charge in [0.25, 0.3) is 0 Å². The number of hydrogen-bond donors (Lipinski definition) is 1. The maximum atomic E-state index is 12.5. The molecular weight excluding hydrogens is 487 g/mol. The van der Waals surface area contributed by atoms with E-state index < -0.39 is 0 Å². The summed E-state index contributed by atoms with van der Waals surface area (Å²) in [7, 11) is 0. The van der Waals surface area contributed by atoms with Gasteiger partial charge in [-0.25, -0.2) is 0 Å². The number of rotatable bonds is 6. The molecule has 1 N–H and O–H groups in total. The maximum Gasteiger partial charge on any atom is 0.234 e. The molecule has 4 aromatic rings. The molecule has 1 aromatic heterocycles. The van der Waals surface area contributed by atoms with E-state index in [0.717, 1.165) is 16.8 Å². The van der Waals surface area contributed by atoms with Crippen molar-refractivity contribution in [1.82, 2.24) is 14.8 Å². The molecule has 0 aliphatic carbocycles. The van der Waals surface area contributed by atoms with E-state index in [1.165, 1.54) is 11.8 Å². The second kappa shape index (κ2) is 9.96. The summed E-state index contributed by atoms with van der Waals surface area (Å²) in [6.07, 6.45) is 0. The highest BCUT2D eigenvalue weighted by Crippen LogP contribution is 2.30. The molecule has 0 aliphatic heterocycles. The molecule has 0 unspecified atom stereocenters. The van der Waals surface area contributed by atoms with Crippen LogP contribution in [0.3, 0.4) is 0 Å². The van der Waals surface area contributed by atoms with Gasteiger partial charge in [-0.3, -0.25) is 9.36 Å². The molecular formula is C23H17Cl3N4OS. The smallest absolute Gasteiger partial charge is 0.234 e. The molecule has 0 bridgehead atoms. The molecule has 0 aliphatic rings. The third-order valence-electron chi connectivity index (χ3n) is 4.57. The first-order chi connectivity index (χ1) is 15.4. The van der Waals surface area contributed by atoms with E-state index in [4.69, 9.17) is 34.8 Å². The van der Waals surface area contributed by atoms with E-state index in [9.17, 15) is 4.79 Å². The summed E-state index contributed by atoms with van der Waals surface area (Å²) in [5, 5.41) is 13.6. The molecule has 0 fully saturated rings. The SMILES string of the molecule is Cc1ccc(-n2c(SCC(=O)Nc3ccc(Cl)cc3Cl)nnc2-c2ccc(Cl)cc2)cc1. The number of nitrogens with zero attached hydrogens (tertiary/aromatic N) is 3. The van der Waals surface area contributed by atoms with Crippen LogP contribution in [-0.2, 0) is 4.79 Å². The van der Waals surface area contributed by atoms with Crippen LogP contribution in [-0.4, -0.2) is 26.4 Å². The predicted octanol–water partition coefficient (Wildman–Crippen LogP) is 6.93. The van der Waals surface area contributed by atoms with E-state index in [1.54, 1.807) is 30.3 Å². The summed E-state index contributed by atoms with van der Waals surface area (Å²) in [5.41, 5.74) is 3.41. The lowest BCUT2D eigenvalue weighted by molar-refractivity contribution is -0.113. The number of carbonyl (C=O) groups excluding carboxylic acids is 1. The minimum absolute atomic E-state index is 0.129. The van der Waals surface area contributed by atoms with E-state index in [1.807, 2.05) is 47.9 Å². The molecule has 1 heterocycles. The number of aromatic nitrogens is 3. The van der Waals surface area contributed by atoms with Crippen molar-refractivity contribution in [2.45, 2.75) is 12.1 Å². The first-order valence-electron chi connectivity index (χ1n) is 9.57. The van der Waals surface area contributed by atoms with E-state index >= 15 is 0 Å². The summed E-state index contributed by atoms with van der Waals surface area (Å²) in [5.74, 6) is 0.573. The highest BCUT2D eigenvalue weighted by atomic mass is 35.5. The summed E-state index contributed by atoms with van der Waals surface area (Å²) in [4.78, 5) is 12.5. The number of carbonyl (C=O) groups is 1. The summed E-state index contributed by atoms with van der Waals surface area (Å²) < 4.78 is 1.93. The monoisotopic (exact) mass is 502 g/mol. The Labute approximate surface area is 204 Å². The molecule has 9 heteroatoms. The number of hydrogen-bond acceptors (Lipinski definition) is 4. The Bertz CT molecular complexity index is 1260. The second-order valence-electron chi connectivity index (χ2n) is 6.95. The molecule has 3 aromatic carbocycles. The van der Waals surface area contributed by atoms with Gasteiger partial charge in [-0.15, -0.1) is 10.2 Å². The Kier molecular flexibility index (Phi) is 7.06. The molecule has 162 valence electrons. The van der Waals surface area contributed by atoms with E-state index in [-0.39, 0.29) is 11.7 Å². The fourth-order valence-electron chi connectivity index (χ4n) is 2.98. The van der Waals surface area contributed by atoms with Crippen molar-refractivity contribution in [3.05, 3.63) is 87.4 Å². The molecule has 0 radical (unpaired) electrons. The van der Waals surface area contributed by atoms with Crippen molar-refractivity contribution in [1.29, 1.82) is 0 Å². The van der Waals surface area contributed by atoms with Crippen LogP contribution in [0.4, 0.5) is 5.69 Å². The largest absolute Gasteiger partial charge is 0.324 e. The van der Waals surface area contributed by atoms with Crippen LogP contribution in [0, 0.1) is 6.92 Å². The molecule has 4 rings (SSSR count). The topological polar surface area (TPSA) is 59.8 Å². The molecule has 0 atom stereocenters. The third-order valence-corrected chi connectivity index (χ3v) is 6.29. The van der Waals surface area contributed by atoms with Gasteiger partial charge >= 0.3 is 0 Å². The Morgan fingerprint density at radius 2 is 1.62 bits per heavy atom. The number of aryl methyl sites for hydroxylation is 1. The lowest BCUT2D eigenvalue weighted by atomic mass is 10.2. The number of amides is 1. The van der Waals surface area contributed by atoms with Crippen LogP contribution in [0.5, 0.6) is 0 Å². The van der Waals surface area contributed by atoms with Gasteiger partial charge in [0.05, 0.1) is 16.5 Å². The number of thioether (sulfide) groups is 1. The zero-order valence-electron chi connectivity index (χ0n) is 16.8. The Hall–Kier alpha value is -2.51. The first kappa shape index (κ1) is 22.7. The number of benzene rings is 3. The van der Waals surface area contributed by atoms with Gasteiger partial charge in [-0.1, -0.05) is 64.3 Å². The fourth-order valence-corrected chi connectivity index (χ4v) is 4.32.